The summed E-state index contributed by atoms with van der Waals surface area (Å²) in [6, 6.07) is 5.88. The van der Waals surface area contributed by atoms with E-state index in [-0.39, 0.29) is 11.5 Å². The number of fused-ring (bicyclic) bond motifs is 1. The monoisotopic (exact) mass is 537 g/mol. The van der Waals surface area contributed by atoms with Crippen LogP contribution in [0.3, 0.4) is 0 Å². The summed E-state index contributed by atoms with van der Waals surface area (Å²) in [5.74, 6) is -0.111. The standard InChI is InChI=1S/C23H24ClN3O2S4/c1-4-7-12-27-20(28)17(32-22(27)19-21(29)26(6-3)23(30)33-19)10-11-18-25(5-2)15-13-14(24)8-9-16(15)31-18/h8-11,13H,4-7,12H2,1-3H3/b17-10+,18-11-,22-19+. The minimum atomic E-state index is -0.111. The molecule has 1 fully saturated rings. The molecular weight excluding hydrogens is 514 g/mol. The quantitative estimate of drug-likeness (QED) is 0.502. The second-order valence-electron chi connectivity index (χ2n) is 7.46. The lowest BCUT2D eigenvalue weighted by Crippen LogP contribution is -2.33. The number of anilines is 1. The molecule has 2 aromatic rings. The maximum absolute atomic E-state index is 13.3. The fourth-order valence-corrected chi connectivity index (χ4v) is 7.58. The molecular formula is C23H24ClN3O2S4. The van der Waals surface area contributed by atoms with Gasteiger partial charge in [0.1, 0.15) is 13.9 Å². The Labute approximate surface area is 215 Å². The number of allylic oxidation sites excluding steroid dienone is 1. The van der Waals surface area contributed by atoms with Gasteiger partial charge in [0, 0.05) is 29.6 Å². The largest absolute Gasteiger partial charge is 0.335 e. The fraction of sp³-hybridized carbons (Fsp3) is 0.348. The molecule has 33 heavy (non-hydrogen) atoms. The molecule has 0 saturated carbocycles. The Morgan fingerprint density at radius 1 is 1.06 bits per heavy atom. The number of hydrogen-bond donors (Lipinski definition) is 0. The van der Waals surface area contributed by atoms with Crippen molar-refractivity contribution in [2.24, 2.45) is 0 Å². The van der Waals surface area contributed by atoms with Crippen molar-refractivity contribution in [1.29, 1.82) is 0 Å². The first-order valence-electron chi connectivity index (χ1n) is 10.8. The van der Waals surface area contributed by atoms with Crippen LogP contribution in [-0.2, 0) is 11.3 Å². The fourth-order valence-electron chi connectivity index (χ4n) is 3.69. The number of carbonyl (C=O) groups is 1. The van der Waals surface area contributed by atoms with E-state index in [4.69, 9.17) is 23.8 Å². The van der Waals surface area contributed by atoms with Crippen molar-refractivity contribution in [3.8, 4) is 0 Å². The van der Waals surface area contributed by atoms with E-state index in [1.54, 1.807) is 21.2 Å². The van der Waals surface area contributed by atoms with Crippen LogP contribution < -0.4 is 19.7 Å². The number of benzene rings is 1. The number of rotatable bonds is 6. The van der Waals surface area contributed by atoms with Crippen LogP contribution in [0.5, 0.6) is 0 Å². The normalized spacial score (nSPS) is 19.4. The lowest BCUT2D eigenvalue weighted by Gasteiger charge is -2.17. The number of aromatic nitrogens is 1. The Balaban J connectivity index is 1.81. The number of thiocarbonyl (C=S) groups is 1. The van der Waals surface area contributed by atoms with Gasteiger partial charge in [0.25, 0.3) is 11.5 Å². The molecule has 4 rings (SSSR count). The van der Waals surface area contributed by atoms with Gasteiger partial charge in [-0.1, -0.05) is 60.7 Å². The van der Waals surface area contributed by atoms with Crippen LogP contribution in [0, 0.1) is 0 Å². The second kappa shape index (κ2) is 10.4. The summed E-state index contributed by atoms with van der Waals surface area (Å²) >= 11 is 15.9. The number of hydrogen-bond acceptors (Lipinski definition) is 7. The third kappa shape index (κ3) is 4.71. The van der Waals surface area contributed by atoms with Crippen molar-refractivity contribution in [3.05, 3.63) is 53.9 Å². The molecule has 3 heterocycles. The van der Waals surface area contributed by atoms with Crippen LogP contribution in [0.2, 0.25) is 5.02 Å². The van der Waals surface area contributed by atoms with Crippen molar-refractivity contribution < 1.29 is 4.79 Å². The van der Waals surface area contributed by atoms with Gasteiger partial charge in [0.15, 0.2) is 0 Å². The molecule has 0 bridgehead atoms. The summed E-state index contributed by atoms with van der Waals surface area (Å²) < 4.78 is 3.60. The maximum Gasteiger partial charge on any atom is 0.269 e. The van der Waals surface area contributed by atoms with Crippen molar-refractivity contribution in [3.63, 3.8) is 0 Å². The average molecular weight is 538 g/mol. The van der Waals surface area contributed by atoms with Gasteiger partial charge in [0.05, 0.1) is 15.2 Å². The third-order valence-corrected chi connectivity index (χ3v) is 9.47. The highest BCUT2D eigenvalue weighted by Crippen LogP contribution is 2.46. The maximum atomic E-state index is 13.3. The molecule has 5 nitrogen and oxygen atoms in total. The van der Waals surface area contributed by atoms with Crippen molar-refractivity contribution in [2.45, 2.75) is 45.1 Å². The number of nitrogens with zero attached hydrogens (tertiary/aromatic N) is 3. The molecule has 0 atom stereocenters. The summed E-state index contributed by atoms with van der Waals surface area (Å²) in [4.78, 5) is 31.7. The first-order valence-corrected chi connectivity index (χ1v) is 14.1. The van der Waals surface area contributed by atoms with E-state index in [2.05, 4.69) is 18.7 Å². The van der Waals surface area contributed by atoms with E-state index in [9.17, 15) is 9.59 Å². The molecule has 1 saturated heterocycles. The number of amides is 1. The third-order valence-electron chi connectivity index (χ3n) is 5.39. The first kappa shape index (κ1) is 24.6. The van der Waals surface area contributed by atoms with Gasteiger partial charge in [-0.25, -0.2) is 0 Å². The number of thiazole rings is 1. The Hall–Kier alpha value is -1.52. The molecule has 1 amide bonds. The predicted octanol–water partition coefficient (Wildman–Crippen LogP) is 4.61. The van der Waals surface area contributed by atoms with E-state index >= 15 is 0 Å². The molecule has 0 aliphatic carbocycles. The van der Waals surface area contributed by atoms with Gasteiger partial charge >= 0.3 is 0 Å². The molecule has 1 aromatic heterocycles. The van der Waals surface area contributed by atoms with Gasteiger partial charge in [-0.15, -0.1) is 11.3 Å². The predicted molar refractivity (Wildman–Crippen MR) is 147 cm³/mol. The van der Waals surface area contributed by atoms with Gasteiger partial charge in [-0.3, -0.25) is 19.1 Å². The molecule has 1 aromatic carbocycles. The highest BCUT2D eigenvalue weighted by atomic mass is 35.5. The van der Waals surface area contributed by atoms with Gasteiger partial charge in [-0.2, -0.15) is 0 Å². The van der Waals surface area contributed by atoms with Crippen molar-refractivity contribution in [1.82, 2.24) is 9.47 Å². The van der Waals surface area contributed by atoms with E-state index in [0.29, 0.717) is 36.5 Å². The molecule has 0 unspecified atom stereocenters. The van der Waals surface area contributed by atoms with Crippen LogP contribution in [0.15, 0.2) is 39.0 Å². The molecule has 174 valence electrons. The average Bonchev–Trinajstić information content (AvgIpc) is 3.40. The SMILES string of the molecule is CCCCn1c(=O)/c(=C\C=C2/Sc3ccc(Cl)cc3N2CC)s/c1=C1/SC(=S)N(CC)C1=O. The minimum absolute atomic E-state index is 0.0614. The van der Waals surface area contributed by atoms with Crippen LogP contribution in [0.25, 0.3) is 11.0 Å². The number of unbranched alkanes of at least 4 members (excludes halogenated alkanes) is 1. The topological polar surface area (TPSA) is 45.6 Å². The van der Waals surface area contributed by atoms with E-state index < -0.39 is 0 Å². The lowest BCUT2D eigenvalue weighted by atomic mass is 10.3. The van der Waals surface area contributed by atoms with Crippen LogP contribution in [0.1, 0.15) is 33.6 Å². The van der Waals surface area contributed by atoms with E-state index in [0.717, 1.165) is 35.0 Å². The smallest absolute Gasteiger partial charge is 0.269 e. The van der Waals surface area contributed by atoms with Crippen LogP contribution >= 0.6 is 58.7 Å². The van der Waals surface area contributed by atoms with Crippen molar-refractivity contribution >= 4 is 85.6 Å². The van der Waals surface area contributed by atoms with Gasteiger partial charge < -0.3 is 4.90 Å². The van der Waals surface area contributed by atoms with E-state index in [1.165, 1.54) is 23.1 Å². The van der Waals surface area contributed by atoms with Crippen molar-refractivity contribution in [2.75, 3.05) is 18.0 Å². The second-order valence-corrected chi connectivity index (χ2v) is 11.6. The highest BCUT2D eigenvalue weighted by Gasteiger charge is 2.33. The molecule has 2 aliphatic heterocycles. The number of carbonyl (C=O) groups excluding carboxylic acids is 1. The van der Waals surface area contributed by atoms with Gasteiger partial charge in [0.2, 0.25) is 0 Å². The number of halogens is 1. The summed E-state index contributed by atoms with van der Waals surface area (Å²) in [6.45, 7) is 7.99. The van der Waals surface area contributed by atoms with Gasteiger partial charge in [-0.05, 0) is 50.6 Å². The van der Waals surface area contributed by atoms with Crippen LogP contribution in [0.4, 0.5) is 5.69 Å². The zero-order valence-corrected chi connectivity index (χ0v) is 22.6. The number of thioether (sulfide) groups is 2. The Morgan fingerprint density at radius 2 is 1.82 bits per heavy atom. The molecule has 10 heteroatoms. The lowest BCUT2D eigenvalue weighted by molar-refractivity contribution is -0.120. The van der Waals surface area contributed by atoms with Crippen LogP contribution in [-0.4, -0.2) is 32.8 Å². The molecule has 2 aliphatic rings. The Morgan fingerprint density at radius 3 is 2.48 bits per heavy atom. The molecule has 0 radical (unpaired) electrons. The zero-order chi connectivity index (χ0) is 23.7. The Bertz CT molecular complexity index is 1330. The molecule has 0 N–H and O–H groups in total. The first-order chi connectivity index (χ1) is 15.9. The zero-order valence-electron chi connectivity index (χ0n) is 18.6. The summed E-state index contributed by atoms with van der Waals surface area (Å²) in [5.41, 5.74) is 1.02. The highest BCUT2D eigenvalue weighted by molar-refractivity contribution is 8.30. The summed E-state index contributed by atoms with van der Waals surface area (Å²) in [7, 11) is 0. The Kier molecular flexibility index (Phi) is 7.75. The summed E-state index contributed by atoms with van der Waals surface area (Å²) in [6.07, 6.45) is 5.69. The molecule has 0 spiro atoms. The summed E-state index contributed by atoms with van der Waals surface area (Å²) in [5, 5.41) is 1.75. The minimum Gasteiger partial charge on any atom is -0.335 e. The van der Waals surface area contributed by atoms with E-state index in [1.807, 2.05) is 37.3 Å².